The van der Waals surface area contributed by atoms with Crippen LogP contribution in [0.3, 0.4) is 0 Å². The molecule has 0 fully saturated rings. The zero-order valence-electron chi connectivity index (χ0n) is 13.8. The molecule has 0 aliphatic heterocycles. The first kappa shape index (κ1) is 17.6. The van der Waals surface area contributed by atoms with E-state index in [1.165, 1.54) is 23.8 Å². The van der Waals surface area contributed by atoms with Gasteiger partial charge in [-0.1, -0.05) is 37.3 Å². The van der Waals surface area contributed by atoms with Crippen LogP contribution >= 0.6 is 0 Å². The highest BCUT2D eigenvalue weighted by atomic mass is 19.1. The SMILES string of the molecule is CCN(CCCCc1cc(F)ccc1F)CCc1ccccc1. The Morgan fingerprint density at radius 1 is 0.870 bits per heavy atom. The van der Waals surface area contributed by atoms with Crippen LogP contribution in [-0.2, 0) is 12.8 Å². The summed E-state index contributed by atoms with van der Waals surface area (Å²) in [5, 5.41) is 0. The number of nitrogens with zero attached hydrogens (tertiary/aromatic N) is 1. The molecule has 124 valence electrons. The first-order valence-electron chi connectivity index (χ1n) is 8.39. The molecule has 0 aliphatic carbocycles. The van der Waals surface area contributed by atoms with E-state index in [2.05, 4.69) is 36.1 Å². The van der Waals surface area contributed by atoms with E-state index in [0.717, 1.165) is 38.9 Å². The van der Waals surface area contributed by atoms with Crippen LogP contribution < -0.4 is 0 Å². The Hall–Kier alpha value is -1.74. The van der Waals surface area contributed by atoms with Gasteiger partial charge in [0.1, 0.15) is 11.6 Å². The molecule has 2 aromatic rings. The van der Waals surface area contributed by atoms with Crippen LogP contribution in [0.2, 0.25) is 0 Å². The summed E-state index contributed by atoms with van der Waals surface area (Å²) < 4.78 is 26.7. The highest BCUT2D eigenvalue weighted by Crippen LogP contribution is 2.13. The van der Waals surface area contributed by atoms with Crippen molar-refractivity contribution in [2.45, 2.75) is 32.6 Å². The van der Waals surface area contributed by atoms with E-state index in [1.807, 2.05) is 6.07 Å². The third kappa shape index (κ3) is 6.11. The number of aryl methyl sites for hydroxylation is 1. The average Bonchev–Trinajstić information content (AvgIpc) is 2.58. The lowest BCUT2D eigenvalue weighted by Crippen LogP contribution is -2.27. The van der Waals surface area contributed by atoms with Gasteiger partial charge in [0.05, 0.1) is 0 Å². The van der Waals surface area contributed by atoms with Gasteiger partial charge in [0.2, 0.25) is 0 Å². The van der Waals surface area contributed by atoms with Gasteiger partial charge >= 0.3 is 0 Å². The van der Waals surface area contributed by atoms with Crippen molar-refractivity contribution in [1.29, 1.82) is 0 Å². The fourth-order valence-corrected chi connectivity index (χ4v) is 2.75. The zero-order valence-corrected chi connectivity index (χ0v) is 13.8. The Morgan fingerprint density at radius 2 is 1.65 bits per heavy atom. The molecule has 0 aromatic heterocycles. The van der Waals surface area contributed by atoms with Crippen molar-refractivity contribution < 1.29 is 8.78 Å². The molecule has 0 heterocycles. The van der Waals surface area contributed by atoms with Crippen molar-refractivity contribution >= 4 is 0 Å². The first-order valence-corrected chi connectivity index (χ1v) is 8.39. The molecule has 0 saturated heterocycles. The Labute approximate surface area is 137 Å². The molecule has 0 bridgehead atoms. The normalized spacial score (nSPS) is 11.1. The first-order chi connectivity index (χ1) is 11.2. The van der Waals surface area contributed by atoms with Crippen LogP contribution in [-0.4, -0.2) is 24.5 Å². The monoisotopic (exact) mass is 317 g/mol. The lowest BCUT2D eigenvalue weighted by Gasteiger charge is -2.20. The smallest absolute Gasteiger partial charge is 0.126 e. The molecule has 0 aliphatic rings. The van der Waals surface area contributed by atoms with Crippen molar-refractivity contribution in [1.82, 2.24) is 4.90 Å². The molecule has 0 unspecified atom stereocenters. The summed E-state index contributed by atoms with van der Waals surface area (Å²) in [6.07, 6.45) is 3.52. The lowest BCUT2D eigenvalue weighted by molar-refractivity contribution is 0.285. The van der Waals surface area contributed by atoms with Gasteiger partial charge in [-0.2, -0.15) is 0 Å². The molecule has 0 atom stereocenters. The molecule has 0 saturated carbocycles. The predicted molar refractivity (Wildman–Crippen MR) is 91.6 cm³/mol. The molecule has 23 heavy (non-hydrogen) atoms. The van der Waals surface area contributed by atoms with Crippen LogP contribution in [0.25, 0.3) is 0 Å². The van der Waals surface area contributed by atoms with Crippen molar-refractivity contribution in [2.24, 2.45) is 0 Å². The van der Waals surface area contributed by atoms with E-state index in [9.17, 15) is 8.78 Å². The van der Waals surface area contributed by atoms with Gasteiger partial charge in [0.15, 0.2) is 0 Å². The minimum Gasteiger partial charge on any atom is -0.303 e. The van der Waals surface area contributed by atoms with Crippen molar-refractivity contribution in [2.75, 3.05) is 19.6 Å². The van der Waals surface area contributed by atoms with Gasteiger partial charge in [-0.15, -0.1) is 0 Å². The quantitative estimate of drug-likeness (QED) is 0.597. The standard InChI is InChI=1S/C20H25F2N/c1-2-23(15-13-17-8-4-3-5-9-17)14-7-6-10-18-16-19(21)11-12-20(18)22/h3-5,8-9,11-12,16H,2,6-7,10,13-15H2,1H3. The van der Waals surface area contributed by atoms with Gasteiger partial charge < -0.3 is 4.90 Å². The van der Waals surface area contributed by atoms with E-state index in [-0.39, 0.29) is 11.6 Å². The van der Waals surface area contributed by atoms with E-state index >= 15 is 0 Å². The van der Waals surface area contributed by atoms with Gasteiger partial charge in [0.25, 0.3) is 0 Å². The molecule has 0 spiro atoms. The average molecular weight is 317 g/mol. The van der Waals surface area contributed by atoms with Gasteiger partial charge in [-0.05, 0) is 68.1 Å². The number of rotatable bonds is 9. The van der Waals surface area contributed by atoms with E-state index in [1.54, 1.807) is 0 Å². The minimum atomic E-state index is -0.362. The highest BCUT2D eigenvalue weighted by molar-refractivity contribution is 5.18. The molecule has 1 nitrogen and oxygen atoms in total. The second-order valence-corrected chi connectivity index (χ2v) is 5.86. The highest BCUT2D eigenvalue weighted by Gasteiger charge is 2.06. The van der Waals surface area contributed by atoms with Crippen molar-refractivity contribution in [3.8, 4) is 0 Å². The number of hydrogen-bond acceptors (Lipinski definition) is 1. The third-order valence-electron chi connectivity index (χ3n) is 4.18. The molecule has 2 aromatic carbocycles. The van der Waals surface area contributed by atoms with Crippen LogP contribution in [0.15, 0.2) is 48.5 Å². The van der Waals surface area contributed by atoms with Crippen molar-refractivity contribution in [3.05, 3.63) is 71.3 Å². The topological polar surface area (TPSA) is 3.24 Å². The van der Waals surface area contributed by atoms with E-state index < -0.39 is 0 Å². The van der Waals surface area contributed by atoms with Gasteiger partial charge in [0, 0.05) is 6.54 Å². The van der Waals surface area contributed by atoms with Crippen LogP contribution in [0, 0.1) is 11.6 Å². The van der Waals surface area contributed by atoms with Crippen molar-refractivity contribution in [3.63, 3.8) is 0 Å². The summed E-state index contributed by atoms with van der Waals surface area (Å²) in [6.45, 7) is 5.22. The number of halogens is 2. The Bertz CT molecular complexity index is 583. The summed E-state index contributed by atoms with van der Waals surface area (Å²) in [5.41, 5.74) is 1.84. The molecule has 3 heteroatoms. The summed E-state index contributed by atoms with van der Waals surface area (Å²) in [4.78, 5) is 2.41. The molecular weight excluding hydrogens is 292 g/mol. The van der Waals surface area contributed by atoms with Crippen LogP contribution in [0.5, 0.6) is 0 Å². The maximum Gasteiger partial charge on any atom is 0.126 e. The maximum atomic E-state index is 13.6. The summed E-state index contributed by atoms with van der Waals surface area (Å²) >= 11 is 0. The lowest BCUT2D eigenvalue weighted by atomic mass is 10.1. The molecule has 0 N–H and O–H groups in total. The Balaban J connectivity index is 1.70. The molecule has 0 amide bonds. The van der Waals surface area contributed by atoms with Crippen LogP contribution in [0.1, 0.15) is 30.9 Å². The minimum absolute atomic E-state index is 0.303. The van der Waals surface area contributed by atoms with Crippen LogP contribution in [0.4, 0.5) is 8.78 Å². The summed E-state index contributed by atoms with van der Waals surface area (Å²) in [5.74, 6) is -0.665. The largest absolute Gasteiger partial charge is 0.303 e. The number of benzene rings is 2. The maximum absolute atomic E-state index is 13.6. The number of likely N-dealkylation sites (N-methyl/N-ethyl adjacent to an activating group) is 1. The number of hydrogen-bond donors (Lipinski definition) is 0. The fourth-order valence-electron chi connectivity index (χ4n) is 2.75. The summed E-state index contributed by atoms with van der Waals surface area (Å²) in [6, 6.07) is 14.2. The predicted octanol–water partition coefficient (Wildman–Crippen LogP) is 4.85. The second kappa shape index (κ2) is 9.41. The Morgan fingerprint density at radius 3 is 2.39 bits per heavy atom. The number of unbranched alkanes of at least 4 members (excludes halogenated alkanes) is 1. The van der Waals surface area contributed by atoms with Gasteiger partial charge in [-0.25, -0.2) is 8.78 Å². The molecular formula is C20H25F2N. The Kier molecular flexibility index (Phi) is 7.21. The molecule has 0 radical (unpaired) electrons. The zero-order chi connectivity index (χ0) is 16.5. The van der Waals surface area contributed by atoms with Gasteiger partial charge in [-0.3, -0.25) is 0 Å². The second-order valence-electron chi connectivity index (χ2n) is 5.86. The van der Waals surface area contributed by atoms with E-state index in [4.69, 9.17) is 0 Å². The molecule has 2 rings (SSSR count). The fraction of sp³-hybridized carbons (Fsp3) is 0.400. The summed E-state index contributed by atoms with van der Waals surface area (Å²) in [7, 11) is 0. The third-order valence-corrected chi connectivity index (χ3v) is 4.18. The van der Waals surface area contributed by atoms with E-state index in [0.29, 0.717) is 12.0 Å².